The maximum Gasteiger partial charge on any atom is 0.130 e. The highest BCUT2D eigenvalue weighted by Gasteiger charge is 2.09. The Bertz CT molecular complexity index is 555. The molecule has 0 saturated carbocycles. The van der Waals surface area contributed by atoms with E-state index in [0.29, 0.717) is 5.56 Å². The van der Waals surface area contributed by atoms with Crippen molar-refractivity contribution in [2.75, 3.05) is 11.4 Å². The molecule has 2 aromatic heterocycles. The molecular formula is C14H15N3S. The summed E-state index contributed by atoms with van der Waals surface area (Å²) >= 11 is 1.74. The molecule has 0 unspecified atom stereocenters. The Hall–Kier alpha value is -1.86. The average molecular weight is 257 g/mol. The van der Waals surface area contributed by atoms with Gasteiger partial charge < -0.3 is 4.90 Å². The van der Waals surface area contributed by atoms with Crippen molar-refractivity contribution in [2.45, 2.75) is 20.4 Å². The smallest absolute Gasteiger partial charge is 0.130 e. The third-order valence-electron chi connectivity index (χ3n) is 2.70. The van der Waals surface area contributed by atoms with E-state index in [9.17, 15) is 0 Å². The molecule has 0 aromatic carbocycles. The highest BCUT2D eigenvalue weighted by molar-refractivity contribution is 7.09. The van der Waals surface area contributed by atoms with Crippen LogP contribution in [0, 0.1) is 18.3 Å². The van der Waals surface area contributed by atoms with E-state index in [1.54, 1.807) is 11.3 Å². The van der Waals surface area contributed by atoms with Crippen LogP contribution in [0.4, 0.5) is 5.82 Å². The number of hydrogen-bond donors (Lipinski definition) is 0. The zero-order valence-electron chi connectivity index (χ0n) is 10.6. The number of hydrogen-bond acceptors (Lipinski definition) is 4. The minimum atomic E-state index is 0.669. The topological polar surface area (TPSA) is 39.9 Å². The van der Waals surface area contributed by atoms with Gasteiger partial charge in [-0.2, -0.15) is 5.26 Å². The highest BCUT2D eigenvalue weighted by atomic mass is 32.1. The van der Waals surface area contributed by atoms with Gasteiger partial charge in [0, 0.05) is 17.1 Å². The minimum absolute atomic E-state index is 0.669. The maximum atomic E-state index is 9.00. The Morgan fingerprint density at radius 1 is 1.44 bits per heavy atom. The zero-order valence-corrected chi connectivity index (χ0v) is 11.4. The van der Waals surface area contributed by atoms with E-state index in [-0.39, 0.29) is 0 Å². The minimum Gasteiger partial charge on any atom is -0.352 e. The Balaban J connectivity index is 2.27. The molecule has 0 radical (unpaired) electrons. The van der Waals surface area contributed by atoms with Gasteiger partial charge in [0.25, 0.3) is 0 Å². The number of anilines is 1. The number of rotatable bonds is 4. The second-order valence-corrected chi connectivity index (χ2v) is 5.09. The molecule has 0 atom stereocenters. The second-order valence-electron chi connectivity index (χ2n) is 4.06. The molecule has 0 N–H and O–H groups in total. The van der Waals surface area contributed by atoms with Crippen LogP contribution in [0.25, 0.3) is 0 Å². The molecular weight excluding hydrogens is 242 g/mol. The molecule has 0 fully saturated rings. The summed E-state index contributed by atoms with van der Waals surface area (Å²) in [6.07, 6.45) is 0. The molecule has 0 spiro atoms. The lowest BCUT2D eigenvalue weighted by atomic mass is 10.2. The van der Waals surface area contributed by atoms with Crippen molar-refractivity contribution < 1.29 is 0 Å². The summed E-state index contributed by atoms with van der Waals surface area (Å²) in [5, 5.41) is 11.1. The predicted molar refractivity (Wildman–Crippen MR) is 74.7 cm³/mol. The summed E-state index contributed by atoms with van der Waals surface area (Å²) in [4.78, 5) is 8.00. The molecule has 0 bridgehead atoms. The van der Waals surface area contributed by atoms with Crippen molar-refractivity contribution >= 4 is 17.2 Å². The molecule has 2 rings (SSSR count). The van der Waals surface area contributed by atoms with Crippen molar-refractivity contribution in [1.82, 2.24) is 4.98 Å². The molecule has 0 amide bonds. The summed E-state index contributed by atoms with van der Waals surface area (Å²) in [5.41, 5.74) is 1.55. The van der Waals surface area contributed by atoms with Gasteiger partial charge in [-0.25, -0.2) is 4.98 Å². The van der Waals surface area contributed by atoms with Crippen LogP contribution in [0.3, 0.4) is 0 Å². The molecule has 92 valence electrons. The van der Waals surface area contributed by atoms with Gasteiger partial charge in [-0.1, -0.05) is 6.07 Å². The highest BCUT2D eigenvalue weighted by Crippen LogP contribution is 2.19. The molecule has 2 heterocycles. The van der Waals surface area contributed by atoms with Crippen LogP contribution in [-0.4, -0.2) is 11.5 Å². The standard InChI is InChI=1S/C14H15N3S/c1-3-17(10-13-5-4-6-18-13)14-8-12(9-15)7-11(2)16-14/h4-8H,3,10H2,1-2H3. The first kappa shape index (κ1) is 12.6. The SMILES string of the molecule is CCN(Cc1cccs1)c1cc(C#N)cc(C)n1. The van der Waals surface area contributed by atoms with E-state index in [0.717, 1.165) is 24.6 Å². The number of pyridine rings is 1. The van der Waals surface area contributed by atoms with Crippen molar-refractivity contribution in [2.24, 2.45) is 0 Å². The maximum absolute atomic E-state index is 9.00. The van der Waals surface area contributed by atoms with E-state index < -0.39 is 0 Å². The van der Waals surface area contributed by atoms with Gasteiger partial charge in [0.1, 0.15) is 5.82 Å². The molecule has 2 aromatic rings. The lowest BCUT2D eigenvalue weighted by Gasteiger charge is -2.21. The van der Waals surface area contributed by atoms with Gasteiger partial charge >= 0.3 is 0 Å². The van der Waals surface area contributed by atoms with Crippen molar-refractivity contribution in [3.8, 4) is 6.07 Å². The normalized spacial score (nSPS) is 10.1. The Morgan fingerprint density at radius 2 is 2.28 bits per heavy atom. The fourth-order valence-corrected chi connectivity index (χ4v) is 2.54. The third kappa shape index (κ3) is 2.88. The number of thiophene rings is 1. The van der Waals surface area contributed by atoms with Gasteiger partial charge in [0.2, 0.25) is 0 Å². The van der Waals surface area contributed by atoms with Crippen molar-refractivity contribution in [1.29, 1.82) is 5.26 Å². The van der Waals surface area contributed by atoms with Crippen LogP contribution >= 0.6 is 11.3 Å². The fraction of sp³-hybridized carbons (Fsp3) is 0.286. The van der Waals surface area contributed by atoms with E-state index in [4.69, 9.17) is 5.26 Å². The lowest BCUT2D eigenvalue weighted by Crippen LogP contribution is -2.22. The first-order valence-corrected chi connectivity index (χ1v) is 6.77. The van der Waals surface area contributed by atoms with Crippen LogP contribution in [0.2, 0.25) is 0 Å². The largest absolute Gasteiger partial charge is 0.352 e. The predicted octanol–water partition coefficient (Wildman–Crippen LogP) is 3.35. The average Bonchev–Trinajstić information content (AvgIpc) is 2.88. The summed E-state index contributed by atoms with van der Waals surface area (Å²) in [5.74, 6) is 0.877. The van der Waals surface area contributed by atoms with Crippen molar-refractivity contribution in [3.05, 3.63) is 45.8 Å². The monoisotopic (exact) mass is 257 g/mol. The van der Waals surface area contributed by atoms with Gasteiger partial charge in [-0.05, 0) is 37.4 Å². The molecule has 3 nitrogen and oxygen atoms in total. The second kappa shape index (κ2) is 5.65. The fourth-order valence-electron chi connectivity index (χ4n) is 1.82. The quantitative estimate of drug-likeness (QED) is 0.843. The van der Waals surface area contributed by atoms with E-state index in [1.165, 1.54) is 4.88 Å². The van der Waals surface area contributed by atoms with Gasteiger partial charge in [0.05, 0.1) is 18.2 Å². The summed E-state index contributed by atoms with van der Waals surface area (Å²) < 4.78 is 0. The van der Waals surface area contributed by atoms with Gasteiger partial charge in [0.15, 0.2) is 0 Å². The summed E-state index contributed by atoms with van der Waals surface area (Å²) in [6.45, 7) is 5.74. The first-order valence-electron chi connectivity index (χ1n) is 5.89. The molecule has 0 aliphatic carbocycles. The Morgan fingerprint density at radius 3 is 2.89 bits per heavy atom. The first-order chi connectivity index (χ1) is 8.72. The molecule has 4 heteroatoms. The van der Waals surface area contributed by atoms with E-state index >= 15 is 0 Å². The summed E-state index contributed by atoms with van der Waals surface area (Å²) in [6, 6.07) is 10.0. The molecule has 18 heavy (non-hydrogen) atoms. The number of aromatic nitrogens is 1. The van der Waals surface area contributed by atoms with Crippen LogP contribution < -0.4 is 4.90 Å². The molecule has 0 saturated heterocycles. The van der Waals surface area contributed by atoms with Gasteiger partial charge in [-0.3, -0.25) is 0 Å². The lowest BCUT2D eigenvalue weighted by molar-refractivity contribution is 0.819. The molecule has 0 aliphatic heterocycles. The van der Waals surface area contributed by atoms with Gasteiger partial charge in [-0.15, -0.1) is 11.3 Å². The molecule has 0 aliphatic rings. The zero-order chi connectivity index (χ0) is 13.0. The van der Waals surface area contributed by atoms with Crippen LogP contribution in [-0.2, 0) is 6.54 Å². The van der Waals surface area contributed by atoms with E-state index in [1.807, 2.05) is 19.1 Å². The van der Waals surface area contributed by atoms with Crippen molar-refractivity contribution in [3.63, 3.8) is 0 Å². The summed E-state index contributed by atoms with van der Waals surface area (Å²) in [7, 11) is 0. The Labute approximate surface area is 111 Å². The number of aryl methyl sites for hydroxylation is 1. The van der Waals surface area contributed by atoms with Crippen LogP contribution in [0.5, 0.6) is 0 Å². The van der Waals surface area contributed by atoms with Crippen LogP contribution in [0.15, 0.2) is 29.6 Å². The number of nitrogens with zero attached hydrogens (tertiary/aromatic N) is 3. The van der Waals surface area contributed by atoms with Crippen LogP contribution in [0.1, 0.15) is 23.1 Å². The van der Waals surface area contributed by atoms with E-state index in [2.05, 4.69) is 40.4 Å². The number of nitriles is 1. The Kier molecular flexibility index (Phi) is 3.96. The third-order valence-corrected chi connectivity index (χ3v) is 3.56.